The molecule has 1 saturated carbocycles. The molecule has 6 nitrogen and oxygen atoms in total. The van der Waals surface area contributed by atoms with Crippen LogP contribution >= 0.6 is 10.7 Å². The van der Waals surface area contributed by atoms with Crippen LogP contribution in [0.25, 0.3) is 0 Å². The van der Waals surface area contributed by atoms with E-state index in [-0.39, 0.29) is 28.5 Å². The van der Waals surface area contributed by atoms with Gasteiger partial charge in [-0.1, -0.05) is 6.92 Å². The lowest BCUT2D eigenvalue weighted by molar-refractivity contribution is 0.0734. The summed E-state index contributed by atoms with van der Waals surface area (Å²) < 4.78 is 23.7. The average molecular weight is 332 g/mol. The van der Waals surface area contributed by atoms with E-state index < -0.39 is 9.05 Å². The maximum absolute atomic E-state index is 12.6. The number of nitrogens with zero attached hydrogens (tertiary/aromatic N) is 2. The lowest BCUT2D eigenvalue weighted by Crippen LogP contribution is -2.34. The van der Waals surface area contributed by atoms with Gasteiger partial charge in [-0.2, -0.15) is 5.10 Å². The summed E-state index contributed by atoms with van der Waals surface area (Å²) in [7, 11) is 1.54. The van der Waals surface area contributed by atoms with E-state index in [2.05, 4.69) is 17.1 Å². The first-order chi connectivity index (χ1) is 9.79. The quantitative estimate of drug-likeness (QED) is 0.860. The van der Waals surface area contributed by atoms with Crippen LogP contribution in [0.15, 0.2) is 4.90 Å². The number of amides is 1. The third-order valence-electron chi connectivity index (χ3n) is 4.22. The third-order valence-corrected chi connectivity index (χ3v) is 5.59. The second kappa shape index (κ2) is 4.98. The van der Waals surface area contributed by atoms with Gasteiger partial charge in [-0.3, -0.25) is 9.89 Å². The minimum Gasteiger partial charge on any atom is -0.334 e. The van der Waals surface area contributed by atoms with Crippen LogP contribution in [0.2, 0.25) is 0 Å². The molecule has 2 fully saturated rings. The Morgan fingerprint density at radius 1 is 1.38 bits per heavy atom. The molecule has 1 amide bonds. The highest BCUT2D eigenvalue weighted by Gasteiger charge is 2.39. The van der Waals surface area contributed by atoms with Gasteiger partial charge in [0.1, 0.15) is 4.90 Å². The highest BCUT2D eigenvalue weighted by Crippen LogP contribution is 2.43. The van der Waals surface area contributed by atoms with Crippen molar-refractivity contribution in [1.29, 1.82) is 0 Å². The number of aromatic amines is 1. The first-order valence-corrected chi connectivity index (χ1v) is 9.44. The van der Waals surface area contributed by atoms with Gasteiger partial charge in [0.05, 0.1) is 5.69 Å². The summed E-state index contributed by atoms with van der Waals surface area (Å²) in [6, 6.07) is 0.0828. The van der Waals surface area contributed by atoms with Crippen molar-refractivity contribution in [3.63, 3.8) is 0 Å². The van der Waals surface area contributed by atoms with Crippen molar-refractivity contribution < 1.29 is 13.2 Å². The maximum Gasteiger partial charge on any atom is 0.276 e. The van der Waals surface area contributed by atoms with Gasteiger partial charge >= 0.3 is 0 Å². The number of H-pyrrole nitrogens is 1. The van der Waals surface area contributed by atoms with E-state index in [9.17, 15) is 13.2 Å². The molecule has 21 heavy (non-hydrogen) atoms. The molecule has 8 heteroatoms. The molecule has 1 aliphatic heterocycles. The second-order valence-electron chi connectivity index (χ2n) is 6.17. The maximum atomic E-state index is 12.6. The van der Waals surface area contributed by atoms with Gasteiger partial charge in [0.15, 0.2) is 5.69 Å². The minimum absolute atomic E-state index is 0.0622. The monoisotopic (exact) mass is 331 g/mol. The summed E-state index contributed by atoms with van der Waals surface area (Å²) in [5.74, 6) is 0.175. The number of rotatable bonds is 3. The number of hydrogen-bond donors (Lipinski definition) is 1. The molecule has 1 aromatic rings. The molecule has 0 spiro atoms. The Hall–Kier alpha value is -1.08. The van der Waals surface area contributed by atoms with Gasteiger partial charge < -0.3 is 4.90 Å². The predicted octanol–water partition coefficient (Wildman–Crippen LogP) is 2.09. The number of aromatic nitrogens is 2. The van der Waals surface area contributed by atoms with Crippen LogP contribution in [0, 0.1) is 5.92 Å². The number of carbonyl (C=O) groups is 1. The van der Waals surface area contributed by atoms with E-state index in [1.807, 2.05) is 6.92 Å². The van der Waals surface area contributed by atoms with Crippen molar-refractivity contribution in [3.8, 4) is 0 Å². The highest BCUT2D eigenvalue weighted by molar-refractivity contribution is 8.13. The first kappa shape index (κ1) is 14.8. The SMILES string of the molecule is CC1CC(C)N(C(=O)c2n[nH]c(C3CC3)c2S(=O)(=O)Cl)C1. The van der Waals surface area contributed by atoms with Crippen LogP contribution in [-0.4, -0.2) is 42.0 Å². The van der Waals surface area contributed by atoms with Crippen molar-refractivity contribution in [2.75, 3.05) is 6.54 Å². The largest absolute Gasteiger partial charge is 0.334 e. The van der Waals surface area contributed by atoms with E-state index in [4.69, 9.17) is 10.7 Å². The average Bonchev–Trinajstić information content (AvgIpc) is 3.02. The molecule has 2 aliphatic rings. The zero-order chi connectivity index (χ0) is 15.4. The summed E-state index contributed by atoms with van der Waals surface area (Å²) >= 11 is 0. The van der Waals surface area contributed by atoms with Crippen molar-refractivity contribution in [2.45, 2.75) is 50.0 Å². The van der Waals surface area contributed by atoms with Gasteiger partial charge in [0, 0.05) is 29.2 Å². The second-order valence-corrected chi connectivity index (χ2v) is 8.68. The van der Waals surface area contributed by atoms with Gasteiger partial charge in [-0.25, -0.2) is 8.42 Å². The zero-order valence-corrected chi connectivity index (χ0v) is 13.5. The molecule has 1 saturated heterocycles. The van der Waals surface area contributed by atoms with Gasteiger partial charge in [-0.05, 0) is 32.1 Å². The van der Waals surface area contributed by atoms with Crippen molar-refractivity contribution >= 4 is 25.6 Å². The van der Waals surface area contributed by atoms with E-state index in [0.717, 1.165) is 19.3 Å². The number of likely N-dealkylation sites (tertiary alicyclic amines) is 1. The predicted molar refractivity (Wildman–Crippen MR) is 77.9 cm³/mol. The molecule has 0 radical (unpaired) electrons. The van der Waals surface area contributed by atoms with Crippen molar-refractivity contribution in [3.05, 3.63) is 11.4 Å². The fourth-order valence-corrected chi connectivity index (χ4v) is 4.41. The van der Waals surface area contributed by atoms with Crippen LogP contribution in [-0.2, 0) is 9.05 Å². The number of carbonyl (C=O) groups excluding carboxylic acids is 1. The summed E-state index contributed by atoms with van der Waals surface area (Å²) in [5, 5.41) is 6.68. The van der Waals surface area contributed by atoms with Crippen molar-refractivity contribution in [1.82, 2.24) is 15.1 Å². The highest BCUT2D eigenvalue weighted by atomic mass is 35.7. The Balaban J connectivity index is 2.01. The van der Waals surface area contributed by atoms with Crippen LogP contribution in [0.1, 0.15) is 55.2 Å². The molecule has 1 aromatic heterocycles. The molecule has 0 bridgehead atoms. The molecule has 2 unspecified atom stereocenters. The van der Waals surface area contributed by atoms with E-state index in [1.54, 1.807) is 4.90 Å². The van der Waals surface area contributed by atoms with Crippen LogP contribution in [0.3, 0.4) is 0 Å². The van der Waals surface area contributed by atoms with Crippen LogP contribution in [0.5, 0.6) is 0 Å². The Kier molecular flexibility index (Phi) is 3.52. The smallest absolute Gasteiger partial charge is 0.276 e. The molecule has 2 atom stereocenters. The van der Waals surface area contributed by atoms with E-state index in [0.29, 0.717) is 18.2 Å². The molecule has 1 N–H and O–H groups in total. The normalized spacial score (nSPS) is 26.3. The first-order valence-electron chi connectivity index (χ1n) is 7.13. The lowest BCUT2D eigenvalue weighted by atomic mass is 10.1. The molecule has 0 aromatic carbocycles. The molecule has 3 rings (SSSR count). The molecular formula is C13H18ClN3O3S. The topological polar surface area (TPSA) is 83.1 Å². The fourth-order valence-electron chi connectivity index (χ4n) is 3.10. The van der Waals surface area contributed by atoms with E-state index in [1.165, 1.54) is 0 Å². The van der Waals surface area contributed by atoms with Gasteiger partial charge in [0.25, 0.3) is 15.0 Å². The van der Waals surface area contributed by atoms with Gasteiger partial charge in [0.2, 0.25) is 0 Å². The number of halogens is 1. The summed E-state index contributed by atoms with van der Waals surface area (Å²) in [4.78, 5) is 14.2. The third kappa shape index (κ3) is 2.68. The summed E-state index contributed by atoms with van der Waals surface area (Å²) in [6.45, 7) is 4.65. The Morgan fingerprint density at radius 2 is 2.05 bits per heavy atom. The summed E-state index contributed by atoms with van der Waals surface area (Å²) in [5.41, 5.74) is 0.418. The minimum atomic E-state index is -4.00. The van der Waals surface area contributed by atoms with Gasteiger partial charge in [-0.15, -0.1) is 0 Å². The number of hydrogen-bond acceptors (Lipinski definition) is 4. The molecular weight excluding hydrogens is 314 g/mol. The fraction of sp³-hybridized carbons (Fsp3) is 0.692. The van der Waals surface area contributed by atoms with Crippen LogP contribution < -0.4 is 0 Å². The van der Waals surface area contributed by atoms with E-state index >= 15 is 0 Å². The standard InChI is InChI=1S/C13H18ClN3O3S/c1-7-5-8(2)17(6-7)13(18)11-12(21(14,19)20)10(15-16-11)9-3-4-9/h7-9H,3-6H2,1-2H3,(H,15,16). The summed E-state index contributed by atoms with van der Waals surface area (Å²) in [6.07, 6.45) is 2.70. The molecule has 2 heterocycles. The number of nitrogens with one attached hydrogen (secondary N) is 1. The molecule has 116 valence electrons. The zero-order valence-electron chi connectivity index (χ0n) is 12.0. The van der Waals surface area contributed by atoms with Crippen LogP contribution in [0.4, 0.5) is 0 Å². The Labute approximate surface area is 128 Å². The Bertz CT molecular complexity index is 681. The lowest BCUT2D eigenvalue weighted by Gasteiger charge is -2.20. The van der Waals surface area contributed by atoms with Crippen molar-refractivity contribution in [2.24, 2.45) is 5.92 Å². The Morgan fingerprint density at radius 3 is 2.52 bits per heavy atom. The molecule has 1 aliphatic carbocycles.